The van der Waals surface area contributed by atoms with Crippen LogP contribution in [0.2, 0.25) is 11.6 Å². The summed E-state index contributed by atoms with van der Waals surface area (Å²) in [5.74, 6) is 4.83. The van der Waals surface area contributed by atoms with Crippen molar-refractivity contribution in [2.45, 2.75) is 75.6 Å². The Labute approximate surface area is 230 Å². The zero-order valence-corrected chi connectivity index (χ0v) is 29.0. The van der Waals surface area contributed by atoms with Crippen LogP contribution in [0.5, 0.6) is 0 Å². The molecule has 2 saturated heterocycles. The van der Waals surface area contributed by atoms with Gasteiger partial charge < -0.3 is 0 Å². The molecule has 0 N–H and O–H groups in total. The van der Waals surface area contributed by atoms with Gasteiger partial charge in [-0.05, 0) is 0 Å². The van der Waals surface area contributed by atoms with E-state index in [1.54, 1.807) is 8.94 Å². The molecule has 0 spiro atoms. The third-order valence-electron chi connectivity index (χ3n) is 5.34. The Bertz CT molecular complexity index is 666. The third-order valence-corrected chi connectivity index (χ3v) is 30.1. The van der Waals surface area contributed by atoms with Crippen LogP contribution < -0.4 is 0 Å². The molecule has 0 aromatic rings. The molecule has 4 aliphatic heterocycles. The summed E-state index contributed by atoms with van der Waals surface area (Å²) in [5.41, 5.74) is 0. The summed E-state index contributed by atoms with van der Waals surface area (Å²) in [6.07, 6.45) is 9.43. The molecule has 0 saturated carbocycles. The fraction of sp³-hybridized carbons (Fsp3) is 0.727. The van der Waals surface area contributed by atoms with Crippen LogP contribution in [-0.2, 0) is 18.9 Å². The van der Waals surface area contributed by atoms with Crippen molar-refractivity contribution >= 4 is 89.7 Å². The molecule has 0 aliphatic carbocycles. The van der Waals surface area contributed by atoms with Gasteiger partial charge in [-0.2, -0.15) is 0 Å². The summed E-state index contributed by atoms with van der Waals surface area (Å²) < 4.78 is 34.7. The molecule has 2 unspecified atom stereocenters. The van der Waals surface area contributed by atoms with Gasteiger partial charge in [0.2, 0.25) is 0 Å². The topological polar surface area (TPSA) is 36.9 Å². The van der Waals surface area contributed by atoms with Crippen LogP contribution in [0.3, 0.4) is 0 Å². The average Bonchev–Trinajstić information content (AvgIpc) is 3.44. The van der Waals surface area contributed by atoms with E-state index in [2.05, 4.69) is 11.6 Å². The van der Waals surface area contributed by atoms with Gasteiger partial charge in [-0.3, -0.25) is 0 Å². The van der Waals surface area contributed by atoms with Gasteiger partial charge in [0.15, 0.2) is 0 Å². The van der Waals surface area contributed by atoms with Gasteiger partial charge in [0.25, 0.3) is 0 Å². The van der Waals surface area contributed by atoms with E-state index < -0.39 is 0 Å². The van der Waals surface area contributed by atoms with Gasteiger partial charge in [0.1, 0.15) is 0 Å². The van der Waals surface area contributed by atoms with Gasteiger partial charge in [-0.1, -0.05) is 0 Å². The summed E-state index contributed by atoms with van der Waals surface area (Å²) in [7, 11) is 0. The minimum atomic E-state index is 0.0565. The molecular formula is C22H32O4Se6. The second kappa shape index (κ2) is 14.8. The van der Waals surface area contributed by atoms with Gasteiger partial charge in [0, 0.05) is 0 Å². The Morgan fingerprint density at radius 3 is 1.56 bits per heavy atom. The van der Waals surface area contributed by atoms with Crippen LogP contribution >= 0.6 is 0 Å². The van der Waals surface area contributed by atoms with Crippen molar-refractivity contribution in [2.75, 3.05) is 26.4 Å². The summed E-state index contributed by atoms with van der Waals surface area (Å²) in [6, 6.07) is 0. The van der Waals surface area contributed by atoms with E-state index in [1.807, 2.05) is 13.5 Å². The predicted octanol–water partition coefficient (Wildman–Crippen LogP) is 2.67. The molecule has 4 nitrogen and oxygen atoms in total. The Hall–Kier alpha value is 2.18. The summed E-state index contributed by atoms with van der Waals surface area (Å²) in [5, 5.41) is 0. The molecule has 0 radical (unpaired) electrons. The fourth-order valence-electron chi connectivity index (χ4n) is 3.67. The van der Waals surface area contributed by atoms with Crippen molar-refractivity contribution in [3.8, 4) is 0 Å². The van der Waals surface area contributed by atoms with Crippen molar-refractivity contribution < 1.29 is 18.9 Å². The van der Waals surface area contributed by atoms with Gasteiger partial charge in [0.05, 0.1) is 0 Å². The van der Waals surface area contributed by atoms with E-state index in [-0.39, 0.29) is 12.6 Å². The first-order valence-corrected chi connectivity index (χ1v) is 23.2. The molecule has 0 aromatic carbocycles. The summed E-state index contributed by atoms with van der Waals surface area (Å²) >= 11 is 3.77. The molecule has 180 valence electrons. The number of hydrogen-bond donors (Lipinski definition) is 0. The van der Waals surface area contributed by atoms with Crippen molar-refractivity contribution in [3.63, 3.8) is 0 Å². The second-order valence-corrected chi connectivity index (χ2v) is 25.2. The zero-order valence-electron chi connectivity index (χ0n) is 18.7. The van der Waals surface area contributed by atoms with Crippen molar-refractivity contribution in [1.29, 1.82) is 0 Å². The summed E-state index contributed by atoms with van der Waals surface area (Å²) in [6.45, 7) is 3.45. The quantitative estimate of drug-likeness (QED) is 0.318. The van der Waals surface area contributed by atoms with E-state index in [0.29, 0.717) is 89.7 Å². The van der Waals surface area contributed by atoms with Crippen LogP contribution in [0.15, 0.2) is 22.4 Å². The Balaban J connectivity index is 1.26. The van der Waals surface area contributed by atoms with Crippen molar-refractivity contribution in [1.82, 2.24) is 0 Å². The molecule has 0 aromatic heterocycles. The van der Waals surface area contributed by atoms with E-state index >= 15 is 0 Å². The zero-order chi connectivity index (χ0) is 22.2. The molecule has 4 heterocycles. The molecule has 4 aliphatic rings. The number of hydrogen-bond acceptors (Lipinski definition) is 4. The Morgan fingerprint density at radius 1 is 0.719 bits per heavy atom. The van der Waals surface area contributed by atoms with E-state index in [4.69, 9.17) is 18.9 Å². The maximum atomic E-state index is 6.07. The standard InChI is InChI=1S/C22H32O4Se6/c1-27-19-15(9-13-25-17-7-3-5-11-23-17)29-21(31-19)22-30-16(20(28-2)32-22)10-14-26-18-8-4-6-12-24-18/h17-18H,3-14H2,1-2H3/b22-21+. The maximum absolute atomic E-state index is 6.07. The first kappa shape index (κ1) is 27.2. The predicted molar refractivity (Wildman–Crippen MR) is 136 cm³/mol. The van der Waals surface area contributed by atoms with Crippen LogP contribution in [0, 0.1) is 0 Å². The van der Waals surface area contributed by atoms with Gasteiger partial charge in [-0.15, -0.1) is 0 Å². The van der Waals surface area contributed by atoms with Gasteiger partial charge >= 0.3 is 233 Å². The molecule has 10 heteroatoms. The first-order chi connectivity index (χ1) is 15.8. The molecular weight excluding hydrogens is 802 g/mol. The SMILES string of the molecule is C[Se]C1=C(CCOC2CCCCO2)[Se]/C(=C2/[Se]C(CCOC3CCCCO3)=C([Se]C)[Se]2)[Se]1. The molecule has 4 rings (SSSR count). The molecule has 32 heavy (non-hydrogen) atoms. The molecule has 0 amide bonds. The van der Waals surface area contributed by atoms with Crippen LogP contribution in [0.4, 0.5) is 0 Å². The van der Waals surface area contributed by atoms with Gasteiger partial charge in [-0.25, -0.2) is 0 Å². The molecule has 0 bridgehead atoms. The van der Waals surface area contributed by atoms with E-state index in [0.717, 1.165) is 52.1 Å². The fourth-order valence-corrected chi connectivity index (χ4v) is 29.5. The van der Waals surface area contributed by atoms with Crippen LogP contribution in [0.25, 0.3) is 0 Å². The normalized spacial score (nSPS) is 29.4. The minimum absolute atomic E-state index is 0.0565. The van der Waals surface area contributed by atoms with Crippen LogP contribution in [0.1, 0.15) is 51.4 Å². The molecule has 2 atom stereocenters. The molecule has 2 fully saturated rings. The van der Waals surface area contributed by atoms with Crippen molar-refractivity contribution in [3.05, 3.63) is 22.4 Å². The monoisotopic (exact) mass is 840 g/mol. The second-order valence-electron chi connectivity index (χ2n) is 7.65. The van der Waals surface area contributed by atoms with E-state index in [9.17, 15) is 0 Å². The van der Waals surface area contributed by atoms with E-state index in [1.165, 1.54) is 25.7 Å². The third kappa shape index (κ3) is 8.09. The number of ether oxygens (including phenoxy) is 4. The summed E-state index contributed by atoms with van der Waals surface area (Å²) in [4.78, 5) is 0. The Morgan fingerprint density at radius 2 is 1.19 bits per heavy atom. The Kier molecular flexibility index (Phi) is 12.6. The average molecular weight is 834 g/mol. The first-order valence-electron chi connectivity index (χ1n) is 11.2. The van der Waals surface area contributed by atoms with Crippen LogP contribution in [-0.4, -0.2) is 129 Å². The number of rotatable bonds is 10. The van der Waals surface area contributed by atoms with Crippen molar-refractivity contribution in [2.24, 2.45) is 0 Å².